The summed E-state index contributed by atoms with van der Waals surface area (Å²) in [5.74, 6) is 1.00. The predicted octanol–water partition coefficient (Wildman–Crippen LogP) is 3.13. The molecule has 0 radical (unpaired) electrons. The van der Waals surface area contributed by atoms with Crippen molar-refractivity contribution in [1.82, 2.24) is 9.88 Å². The van der Waals surface area contributed by atoms with Crippen LogP contribution < -0.4 is 5.32 Å². The van der Waals surface area contributed by atoms with Gasteiger partial charge in [-0.15, -0.1) is 0 Å². The zero-order valence-corrected chi connectivity index (χ0v) is 11.6. The number of nitrogens with one attached hydrogen (secondary N) is 1. The van der Waals surface area contributed by atoms with Crippen LogP contribution in [0.4, 0.5) is 5.82 Å². The van der Waals surface area contributed by atoms with Crippen LogP contribution in [0.2, 0.25) is 0 Å². The van der Waals surface area contributed by atoms with Gasteiger partial charge in [0, 0.05) is 24.0 Å². The molecule has 3 heteroatoms. The average molecular weight is 255 g/mol. The first-order valence-electron chi connectivity index (χ1n) is 7.05. The van der Waals surface area contributed by atoms with Crippen molar-refractivity contribution < 1.29 is 0 Å². The van der Waals surface area contributed by atoms with Crippen LogP contribution in [0.25, 0.3) is 10.9 Å². The number of anilines is 1. The number of para-hydroxylation sites is 1. The van der Waals surface area contributed by atoms with Crippen molar-refractivity contribution in [2.45, 2.75) is 31.8 Å². The van der Waals surface area contributed by atoms with Crippen molar-refractivity contribution in [1.29, 1.82) is 0 Å². The highest BCUT2D eigenvalue weighted by Crippen LogP contribution is 2.20. The largest absolute Gasteiger partial charge is 0.367 e. The van der Waals surface area contributed by atoms with Gasteiger partial charge in [0.05, 0.1) is 5.52 Å². The summed E-state index contributed by atoms with van der Waals surface area (Å²) in [7, 11) is 2.20. The maximum atomic E-state index is 4.69. The lowest BCUT2D eigenvalue weighted by Gasteiger charge is -2.35. The second kappa shape index (κ2) is 5.17. The molecule has 0 saturated carbocycles. The van der Waals surface area contributed by atoms with Crippen LogP contribution in [0.3, 0.4) is 0 Å². The van der Waals surface area contributed by atoms with E-state index in [0.29, 0.717) is 12.1 Å². The van der Waals surface area contributed by atoms with Gasteiger partial charge in [-0.1, -0.05) is 18.2 Å². The molecule has 1 fully saturated rings. The SMILES string of the molecule is CC1CC(Nc2ccc3ccccc3n2)CCN1C. The van der Waals surface area contributed by atoms with Crippen molar-refractivity contribution in [2.24, 2.45) is 0 Å². The molecule has 1 N–H and O–H groups in total. The minimum Gasteiger partial charge on any atom is -0.367 e. The lowest BCUT2D eigenvalue weighted by molar-refractivity contribution is 0.190. The van der Waals surface area contributed by atoms with Crippen LogP contribution >= 0.6 is 0 Å². The number of fused-ring (bicyclic) bond motifs is 1. The Kier molecular flexibility index (Phi) is 3.38. The molecule has 0 spiro atoms. The van der Waals surface area contributed by atoms with E-state index in [1.54, 1.807) is 0 Å². The second-order valence-corrected chi connectivity index (χ2v) is 5.58. The molecule has 0 amide bonds. The quantitative estimate of drug-likeness (QED) is 0.893. The highest BCUT2D eigenvalue weighted by molar-refractivity contribution is 5.80. The van der Waals surface area contributed by atoms with Gasteiger partial charge in [-0.3, -0.25) is 0 Å². The maximum Gasteiger partial charge on any atom is 0.126 e. The molecule has 3 nitrogen and oxygen atoms in total. The zero-order valence-electron chi connectivity index (χ0n) is 11.6. The Morgan fingerprint density at radius 3 is 2.89 bits per heavy atom. The Morgan fingerprint density at radius 1 is 1.21 bits per heavy atom. The number of likely N-dealkylation sites (tertiary alicyclic amines) is 1. The molecule has 1 aromatic heterocycles. The number of aromatic nitrogens is 1. The smallest absolute Gasteiger partial charge is 0.126 e. The number of piperidine rings is 1. The van der Waals surface area contributed by atoms with Gasteiger partial charge in [-0.2, -0.15) is 0 Å². The van der Waals surface area contributed by atoms with Crippen LogP contribution in [0.1, 0.15) is 19.8 Å². The van der Waals surface area contributed by atoms with E-state index in [1.165, 1.54) is 18.2 Å². The van der Waals surface area contributed by atoms with Crippen LogP contribution in [-0.4, -0.2) is 35.6 Å². The monoisotopic (exact) mass is 255 g/mol. The second-order valence-electron chi connectivity index (χ2n) is 5.58. The Hall–Kier alpha value is -1.61. The normalized spacial score (nSPS) is 24.5. The molecule has 2 unspecified atom stereocenters. The molecule has 19 heavy (non-hydrogen) atoms. The van der Waals surface area contributed by atoms with Crippen LogP contribution in [-0.2, 0) is 0 Å². The fraction of sp³-hybridized carbons (Fsp3) is 0.438. The van der Waals surface area contributed by atoms with Crippen molar-refractivity contribution in [3.63, 3.8) is 0 Å². The molecule has 2 aromatic rings. The fourth-order valence-corrected chi connectivity index (χ4v) is 2.78. The number of rotatable bonds is 2. The first-order chi connectivity index (χ1) is 9.22. The number of hydrogen-bond acceptors (Lipinski definition) is 3. The van der Waals surface area contributed by atoms with Gasteiger partial charge >= 0.3 is 0 Å². The van der Waals surface area contributed by atoms with Crippen molar-refractivity contribution in [2.75, 3.05) is 18.9 Å². The molecule has 100 valence electrons. The van der Waals surface area contributed by atoms with Gasteiger partial charge in [0.2, 0.25) is 0 Å². The fourth-order valence-electron chi connectivity index (χ4n) is 2.78. The molecule has 1 aliphatic heterocycles. The van der Waals surface area contributed by atoms with E-state index in [9.17, 15) is 0 Å². The predicted molar refractivity (Wildman–Crippen MR) is 80.5 cm³/mol. The highest BCUT2D eigenvalue weighted by Gasteiger charge is 2.22. The van der Waals surface area contributed by atoms with E-state index in [1.807, 2.05) is 6.07 Å². The summed E-state index contributed by atoms with van der Waals surface area (Å²) in [5, 5.41) is 4.79. The zero-order chi connectivity index (χ0) is 13.2. The van der Waals surface area contributed by atoms with Gasteiger partial charge < -0.3 is 10.2 Å². The topological polar surface area (TPSA) is 28.2 Å². The minimum atomic E-state index is 0.542. The molecule has 1 aliphatic rings. The van der Waals surface area contributed by atoms with Crippen LogP contribution in [0.15, 0.2) is 36.4 Å². The summed E-state index contributed by atoms with van der Waals surface area (Å²) < 4.78 is 0. The van der Waals surface area contributed by atoms with E-state index in [0.717, 1.165) is 17.9 Å². The third-order valence-corrected chi connectivity index (χ3v) is 4.16. The van der Waals surface area contributed by atoms with Crippen LogP contribution in [0, 0.1) is 0 Å². The third-order valence-electron chi connectivity index (χ3n) is 4.16. The van der Waals surface area contributed by atoms with Gasteiger partial charge in [-0.25, -0.2) is 4.98 Å². The molecule has 1 aromatic carbocycles. The van der Waals surface area contributed by atoms with E-state index >= 15 is 0 Å². The average Bonchev–Trinajstić information content (AvgIpc) is 2.43. The summed E-state index contributed by atoms with van der Waals surface area (Å²) in [5.41, 5.74) is 1.06. The lowest BCUT2D eigenvalue weighted by Crippen LogP contribution is -2.42. The molecular formula is C16H21N3. The van der Waals surface area contributed by atoms with Crippen molar-refractivity contribution in [3.05, 3.63) is 36.4 Å². The van der Waals surface area contributed by atoms with Crippen molar-refractivity contribution in [3.8, 4) is 0 Å². The van der Waals surface area contributed by atoms with E-state index in [-0.39, 0.29) is 0 Å². The van der Waals surface area contributed by atoms with Gasteiger partial charge in [0.15, 0.2) is 0 Å². The third kappa shape index (κ3) is 2.71. The Bertz CT molecular complexity index is 567. The van der Waals surface area contributed by atoms with E-state index < -0.39 is 0 Å². The number of hydrogen-bond donors (Lipinski definition) is 1. The van der Waals surface area contributed by atoms with Gasteiger partial charge in [-0.05, 0) is 45.0 Å². The highest BCUT2D eigenvalue weighted by atomic mass is 15.2. The summed E-state index contributed by atoms with van der Waals surface area (Å²) in [4.78, 5) is 7.11. The summed E-state index contributed by atoms with van der Waals surface area (Å²) >= 11 is 0. The number of nitrogens with zero attached hydrogens (tertiary/aromatic N) is 2. The summed E-state index contributed by atoms with van der Waals surface area (Å²) in [6.07, 6.45) is 2.38. The Morgan fingerprint density at radius 2 is 2.05 bits per heavy atom. The maximum absolute atomic E-state index is 4.69. The van der Waals surface area contributed by atoms with Gasteiger partial charge in [0.1, 0.15) is 5.82 Å². The van der Waals surface area contributed by atoms with Crippen LogP contribution in [0.5, 0.6) is 0 Å². The standard InChI is InChI=1S/C16H21N3/c1-12-11-14(9-10-19(12)2)17-16-8-7-13-5-3-4-6-15(13)18-16/h3-8,12,14H,9-11H2,1-2H3,(H,17,18). The van der Waals surface area contributed by atoms with Crippen molar-refractivity contribution >= 4 is 16.7 Å². The molecule has 3 rings (SSSR count). The molecule has 1 saturated heterocycles. The minimum absolute atomic E-state index is 0.542. The number of pyridine rings is 1. The molecule has 0 aliphatic carbocycles. The molecule has 2 heterocycles. The lowest BCUT2D eigenvalue weighted by atomic mass is 9.99. The first-order valence-corrected chi connectivity index (χ1v) is 7.05. The van der Waals surface area contributed by atoms with E-state index in [4.69, 9.17) is 0 Å². The number of benzene rings is 1. The summed E-state index contributed by atoms with van der Waals surface area (Å²) in [6.45, 7) is 3.45. The van der Waals surface area contributed by atoms with E-state index in [2.05, 4.69) is 59.5 Å². The Balaban J connectivity index is 1.74. The summed E-state index contributed by atoms with van der Waals surface area (Å²) in [6, 6.07) is 13.7. The molecule has 0 bridgehead atoms. The Labute approximate surface area is 114 Å². The van der Waals surface area contributed by atoms with Gasteiger partial charge in [0.25, 0.3) is 0 Å². The molecular weight excluding hydrogens is 234 g/mol. The molecule has 2 atom stereocenters. The first kappa shape index (κ1) is 12.4.